The van der Waals surface area contributed by atoms with Crippen LogP contribution in [0.1, 0.15) is 45.2 Å². The van der Waals surface area contributed by atoms with E-state index in [4.69, 9.17) is 14.2 Å². The van der Waals surface area contributed by atoms with E-state index >= 15 is 0 Å². The molecule has 3 rings (SSSR count). The molecule has 1 aliphatic carbocycles. The van der Waals surface area contributed by atoms with Crippen molar-refractivity contribution >= 4 is 29.9 Å². The second kappa shape index (κ2) is 9.52. The summed E-state index contributed by atoms with van der Waals surface area (Å²) in [5.41, 5.74) is 1.13. The summed E-state index contributed by atoms with van der Waals surface area (Å²) in [6, 6.07) is 6.21. The van der Waals surface area contributed by atoms with Crippen molar-refractivity contribution in [3.63, 3.8) is 0 Å². The Hall–Kier alpha value is -1.22. The first-order chi connectivity index (χ1) is 12.9. The summed E-state index contributed by atoms with van der Waals surface area (Å²) >= 11 is 0. The van der Waals surface area contributed by atoms with Crippen molar-refractivity contribution in [3.8, 4) is 11.5 Å². The van der Waals surface area contributed by atoms with Crippen molar-refractivity contribution in [1.82, 2.24) is 10.6 Å². The van der Waals surface area contributed by atoms with E-state index in [0.717, 1.165) is 36.0 Å². The van der Waals surface area contributed by atoms with E-state index in [1.54, 1.807) is 14.2 Å². The standard InChI is InChI=1S/C21H33N3O3.HI/c1-13(16-12-14(25-5)9-10-17(16)26-6)23-20(22-4)24-18-15-8-7-11-27-19(15)21(18,2)3;/h9-10,12-13,15,18-19H,7-8,11H2,1-6H3,(H2,22,23,24);1H. The van der Waals surface area contributed by atoms with E-state index in [0.29, 0.717) is 18.1 Å². The third-order valence-electron chi connectivity index (χ3n) is 6.10. The van der Waals surface area contributed by atoms with E-state index in [1.165, 1.54) is 6.42 Å². The highest BCUT2D eigenvalue weighted by Gasteiger charge is 2.58. The topological polar surface area (TPSA) is 64.1 Å². The molecule has 4 atom stereocenters. The van der Waals surface area contributed by atoms with Crippen LogP contribution in [0.5, 0.6) is 11.5 Å². The van der Waals surface area contributed by atoms with Crippen molar-refractivity contribution in [2.45, 2.75) is 51.8 Å². The molecule has 2 N–H and O–H groups in total. The van der Waals surface area contributed by atoms with Crippen molar-refractivity contribution in [3.05, 3.63) is 23.8 Å². The fourth-order valence-electron chi connectivity index (χ4n) is 4.59. The number of rotatable bonds is 5. The summed E-state index contributed by atoms with van der Waals surface area (Å²) in [6.45, 7) is 7.54. The number of methoxy groups -OCH3 is 2. The highest BCUT2D eigenvalue weighted by Crippen LogP contribution is 2.51. The summed E-state index contributed by atoms with van der Waals surface area (Å²) in [4.78, 5) is 4.46. The molecule has 1 heterocycles. The molecule has 158 valence electrons. The Morgan fingerprint density at radius 3 is 2.68 bits per heavy atom. The Labute approximate surface area is 185 Å². The molecule has 6 nitrogen and oxygen atoms in total. The number of hydrogen-bond acceptors (Lipinski definition) is 4. The van der Waals surface area contributed by atoms with Gasteiger partial charge in [-0.05, 0) is 38.0 Å². The lowest BCUT2D eigenvalue weighted by molar-refractivity contribution is -0.188. The van der Waals surface area contributed by atoms with E-state index in [9.17, 15) is 0 Å². The molecule has 2 fully saturated rings. The number of ether oxygens (including phenoxy) is 3. The zero-order valence-corrected chi connectivity index (χ0v) is 20.1. The lowest BCUT2D eigenvalue weighted by Crippen LogP contribution is -2.71. The predicted octanol–water partition coefficient (Wildman–Crippen LogP) is 3.75. The number of benzene rings is 1. The number of halogens is 1. The molecule has 4 unspecified atom stereocenters. The van der Waals surface area contributed by atoms with Gasteiger partial charge < -0.3 is 24.8 Å². The zero-order chi connectivity index (χ0) is 19.6. The van der Waals surface area contributed by atoms with Gasteiger partial charge in [-0.1, -0.05) is 13.8 Å². The van der Waals surface area contributed by atoms with Gasteiger partial charge in [0.25, 0.3) is 0 Å². The van der Waals surface area contributed by atoms with Crippen LogP contribution in [0.25, 0.3) is 0 Å². The number of aliphatic imine (C=N–C) groups is 1. The van der Waals surface area contributed by atoms with Gasteiger partial charge >= 0.3 is 0 Å². The number of nitrogens with one attached hydrogen (secondary N) is 2. The summed E-state index contributed by atoms with van der Waals surface area (Å²) in [5, 5.41) is 7.15. The fraction of sp³-hybridized carbons (Fsp3) is 0.667. The second-order valence-corrected chi connectivity index (χ2v) is 8.09. The zero-order valence-electron chi connectivity index (χ0n) is 17.7. The molecule has 1 aromatic carbocycles. The quantitative estimate of drug-likeness (QED) is 0.364. The Balaban J connectivity index is 0.00000280. The maximum atomic E-state index is 6.01. The van der Waals surface area contributed by atoms with Crippen molar-refractivity contribution in [2.75, 3.05) is 27.9 Å². The minimum absolute atomic E-state index is 0. The molecule has 0 amide bonds. The second-order valence-electron chi connectivity index (χ2n) is 8.09. The lowest BCUT2D eigenvalue weighted by atomic mass is 9.55. The average Bonchev–Trinajstić information content (AvgIpc) is 2.70. The van der Waals surface area contributed by atoms with Gasteiger partial charge in [0.05, 0.1) is 26.4 Å². The van der Waals surface area contributed by atoms with Gasteiger partial charge in [-0.15, -0.1) is 24.0 Å². The van der Waals surface area contributed by atoms with Crippen molar-refractivity contribution in [1.29, 1.82) is 0 Å². The number of fused-ring (bicyclic) bond motifs is 1. The molecule has 1 saturated heterocycles. The van der Waals surface area contributed by atoms with Gasteiger partial charge in [-0.2, -0.15) is 0 Å². The molecule has 0 bridgehead atoms. The molecule has 28 heavy (non-hydrogen) atoms. The van der Waals surface area contributed by atoms with Gasteiger partial charge in [0.1, 0.15) is 11.5 Å². The smallest absolute Gasteiger partial charge is 0.191 e. The number of nitrogens with zero attached hydrogens (tertiary/aromatic N) is 1. The molecular formula is C21H34IN3O3. The maximum Gasteiger partial charge on any atom is 0.191 e. The van der Waals surface area contributed by atoms with Crippen LogP contribution in [-0.2, 0) is 4.74 Å². The minimum atomic E-state index is 0. The Bertz CT molecular complexity index is 695. The van der Waals surface area contributed by atoms with Crippen LogP contribution < -0.4 is 20.1 Å². The van der Waals surface area contributed by atoms with Crippen LogP contribution in [0.3, 0.4) is 0 Å². The van der Waals surface area contributed by atoms with E-state index in [-0.39, 0.29) is 35.4 Å². The molecule has 1 saturated carbocycles. The van der Waals surface area contributed by atoms with Crippen LogP contribution in [0.15, 0.2) is 23.2 Å². The first kappa shape index (κ1) is 23.1. The van der Waals surface area contributed by atoms with Crippen molar-refractivity contribution in [2.24, 2.45) is 16.3 Å². The minimum Gasteiger partial charge on any atom is -0.497 e. The Morgan fingerprint density at radius 2 is 2.04 bits per heavy atom. The summed E-state index contributed by atoms with van der Waals surface area (Å²) < 4.78 is 16.9. The van der Waals surface area contributed by atoms with Gasteiger partial charge in [0.15, 0.2) is 5.96 Å². The first-order valence-corrected chi connectivity index (χ1v) is 9.75. The maximum absolute atomic E-state index is 6.01. The van der Waals surface area contributed by atoms with E-state index < -0.39 is 0 Å². The molecular weight excluding hydrogens is 469 g/mol. The Morgan fingerprint density at radius 1 is 1.29 bits per heavy atom. The van der Waals surface area contributed by atoms with E-state index in [2.05, 4.69) is 36.4 Å². The third kappa shape index (κ3) is 4.35. The molecule has 7 heteroatoms. The van der Waals surface area contributed by atoms with Crippen molar-refractivity contribution < 1.29 is 14.2 Å². The molecule has 1 aliphatic heterocycles. The molecule has 0 aromatic heterocycles. The summed E-state index contributed by atoms with van der Waals surface area (Å²) in [5.74, 6) is 2.99. The highest BCUT2D eigenvalue weighted by molar-refractivity contribution is 14.0. The third-order valence-corrected chi connectivity index (χ3v) is 6.10. The monoisotopic (exact) mass is 503 g/mol. The van der Waals surface area contributed by atoms with Gasteiger partial charge in [0.2, 0.25) is 0 Å². The predicted molar refractivity (Wildman–Crippen MR) is 123 cm³/mol. The van der Waals surface area contributed by atoms with Gasteiger partial charge in [-0.3, -0.25) is 4.99 Å². The Kier molecular flexibility index (Phi) is 7.84. The number of hydrogen-bond donors (Lipinski definition) is 2. The first-order valence-electron chi connectivity index (χ1n) is 9.75. The average molecular weight is 503 g/mol. The van der Waals surface area contributed by atoms with Crippen LogP contribution in [0.4, 0.5) is 0 Å². The number of guanidine groups is 1. The van der Waals surface area contributed by atoms with Crippen LogP contribution in [0.2, 0.25) is 0 Å². The van der Waals surface area contributed by atoms with Gasteiger partial charge in [0, 0.05) is 36.6 Å². The van der Waals surface area contributed by atoms with Gasteiger partial charge in [-0.25, -0.2) is 0 Å². The summed E-state index contributed by atoms with van der Waals surface area (Å²) in [6.07, 6.45) is 2.69. The SMILES string of the molecule is CN=C(NC(C)c1cc(OC)ccc1OC)NC1C2CCCOC2C1(C)C.I. The van der Waals surface area contributed by atoms with E-state index in [1.807, 2.05) is 25.2 Å². The molecule has 2 aliphatic rings. The molecule has 1 aromatic rings. The van der Waals surface area contributed by atoms with Crippen LogP contribution in [-0.4, -0.2) is 46.0 Å². The molecule has 0 spiro atoms. The molecule has 0 radical (unpaired) electrons. The summed E-state index contributed by atoms with van der Waals surface area (Å²) in [7, 11) is 5.17. The normalized spacial score (nSPS) is 26.8. The largest absolute Gasteiger partial charge is 0.497 e. The van der Waals surface area contributed by atoms with Crippen LogP contribution >= 0.6 is 24.0 Å². The fourth-order valence-corrected chi connectivity index (χ4v) is 4.59. The highest BCUT2D eigenvalue weighted by atomic mass is 127. The lowest BCUT2D eigenvalue weighted by Gasteiger charge is -2.60. The van der Waals surface area contributed by atoms with Crippen LogP contribution in [0, 0.1) is 11.3 Å².